The van der Waals surface area contributed by atoms with Crippen molar-refractivity contribution >= 4 is 17.4 Å². The van der Waals surface area contributed by atoms with Crippen molar-refractivity contribution in [2.45, 2.75) is 56.8 Å². The predicted octanol–water partition coefficient (Wildman–Crippen LogP) is 2.77. The van der Waals surface area contributed by atoms with Crippen molar-refractivity contribution < 1.29 is 27.4 Å². The first-order valence-corrected chi connectivity index (χ1v) is 12.9. The highest BCUT2D eigenvalue weighted by Gasteiger charge is 2.38. The normalized spacial score (nSPS) is 20.2. The van der Waals surface area contributed by atoms with E-state index >= 15 is 0 Å². The quantitative estimate of drug-likeness (QED) is 0.496. The number of aromatic amines is 1. The van der Waals surface area contributed by atoms with Crippen molar-refractivity contribution in [3.05, 3.63) is 39.9 Å². The number of H-pyrrole nitrogens is 1. The van der Waals surface area contributed by atoms with Crippen LogP contribution in [-0.2, 0) is 15.7 Å². The Morgan fingerprint density at radius 3 is 2.87 bits per heavy atom. The number of carbonyl (C=O) groups excluding carboxylic acids is 1. The van der Waals surface area contributed by atoms with Gasteiger partial charge in [-0.1, -0.05) is 0 Å². The highest BCUT2D eigenvalue weighted by molar-refractivity contribution is 5.76. The molecule has 0 unspecified atom stereocenters. The fourth-order valence-electron chi connectivity index (χ4n) is 5.00. The van der Waals surface area contributed by atoms with E-state index in [4.69, 9.17) is 14.5 Å². The Morgan fingerprint density at radius 1 is 1.29 bits per heavy atom. The molecule has 38 heavy (non-hydrogen) atoms. The third-order valence-corrected chi connectivity index (χ3v) is 7.09. The molecule has 1 saturated carbocycles. The summed E-state index contributed by atoms with van der Waals surface area (Å²) in [5.41, 5.74) is -1.84. The van der Waals surface area contributed by atoms with E-state index in [1.54, 1.807) is 12.0 Å². The number of nitrogens with one attached hydrogen (secondary N) is 2. The molecule has 206 valence electrons. The standard InChI is InChI=1S/C25H31F3N6O4/c1-15(31-19-12-30-32-24(36)22(19)25(26,27)28)14-37-8-5-21(35)33-6-7-34-18(13-33)4-9-38-20-10-17(16-2-3-16)11-29-23(20)34/h10-12,15-16,18H,2-9,13-14H2,1H3,(H2,31,32,36)/t15-,18-/m0/s1. The number of hydrogen-bond acceptors (Lipinski definition) is 8. The van der Waals surface area contributed by atoms with Gasteiger partial charge in [0, 0.05) is 38.3 Å². The molecule has 5 rings (SSSR count). The van der Waals surface area contributed by atoms with Crippen molar-refractivity contribution in [2.75, 3.05) is 49.7 Å². The number of nitrogens with zero attached hydrogens (tertiary/aromatic N) is 4. The number of piperazine rings is 1. The maximum Gasteiger partial charge on any atom is 0.423 e. The van der Waals surface area contributed by atoms with Crippen LogP contribution in [0.2, 0.25) is 0 Å². The molecule has 2 N–H and O–H groups in total. The molecule has 2 fully saturated rings. The smallest absolute Gasteiger partial charge is 0.423 e. The molecule has 2 aromatic rings. The average molecular weight is 537 g/mol. The molecule has 2 atom stereocenters. The van der Waals surface area contributed by atoms with Gasteiger partial charge in [-0.2, -0.15) is 18.3 Å². The van der Waals surface area contributed by atoms with E-state index in [2.05, 4.69) is 21.4 Å². The number of aromatic nitrogens is 3. The number of alkyl halides is 3. The zero-order valence-electron chi connectivity index (χ0n) is 21.1. The highest BCUT2D eigenvalue weighted by atomic mass is 19.4. The Labute approximate surface area is 217 Å². The summed E-state index contributed by atoms with van der Waals surface area (Å²) in [6.07, 6.45) is 1.40. The second kappa shape index (κ2) is 10.8. The van der Waals surface area contributed by atoms with Gasteiger partial charge in [-0.05, 0) is 37.3 Å². The Bertz CT molecular complexity index is 1220. The number of anilines is 2. The van der Waals surface area contributed by atoms with Crippen LogP contribution >= 0.6 is 0 Å². The van der Waals surface area contributed by atoms with E-state index in [1.165, 1.54) is 18.4 Å². The number of carbonyl (C=O) groups is 1. The van der Waals surface area contributed by atoms with Gasteiger partial charge in [0.15, 0.2) is 11.6 Å². The van der Waals surface area contributed by atoms with E-state index in [9.17, 15) is 22.8 Å². The van der Waals surface area contributed by atoms with Crippen molar-refractivity contribution in [2.24, 2.45) is 0 Å². The molecule has 1 aliphatic carbocycles. The topological polar surface area (TPSA) is 113 Å². The van der Waals surface area contributed by atoms with Gasteiger partial charge >= 0.3 is 6.18 Å². The molecular formula is C25H31F3N6O4. The summed E-state index contributed by atoms with van der Waals surface area (Å²) in [4.78, 5) is 33.2. The van der Waals surface area contributed by atoms with E-state index in [1.807, 2.05) is 11.1 Å². The lowest BCUT2D eigenvalue weighted by atomic mass is 10.1. The summed E-state index contributed by atoms with van der Waals surface area (Å²) in [6.45, 7) is 4.17. The number of ether oxygens (including phenoxy) is 2. The third-order valence-electron chi connectivity index (χ3n) is 7.09. The van der Waals surface area contributed by atoms with Crippen LogP contribution < -0.4 is 20.5 Å². The van der Waals surface area contributed by atoms with E-state index in [-0.39, 0.29) is 31.6 Å². The first-order valence-electron chi connectivity index (χ1n) is 12.9. The third kappa shape index (κ3) is 5.87. The molecule has 3 aliphatic rings. The largest absolute Gasteiger partial charge is 0.490 e. The number of fused-ring (bicyclic) bond motifs is 3. The second-order valence-corrected chi connectivity index (χ2v) is 10.0. The average Bonchev–Trinajstić information content (AvgIpc) is 3.72. The van der Waals surface area contributed by atoms with Gasteiger partial charge in [-0.25, -0.2) is 10.1 Å². The molecule has 1 amide bonds. The van der Waals surface area contributed by atoms with Crippen LogP contribution in [0.1, 0.15) is 49.7 Å². The molecule has 0 radical (unpaired) electrons. The lowest BCUT2D eigenvalue weighted by molar-refractivity contribution is -0.138. The Morgan fingerprint density at radius 2 is 2.11 bits per heavy atom. The maximum absolute atomic E-state index is 13.2. The first kappa shape index (κ1) is 26.3. The molecule has 1 saturated heterocycles. The van der Waals surface area contributed by atoms with E-state index < -0.39 is 29.0 Å². The van der Waals surface area contributed by atoms with Crippen LogP contribution in [0.5, 0.6) is 5.75 Å². The summed E-state index contributed by atoms with van der Waals surface area (Å²) in [5, 5.41) is 7.86. The van der Waals surface area contributed by atoms with Crippen molar-refractivity contribution in [3.63, 3.8) is 0 Å². The van der Waals surface area contributed by atoms with Crippen LogP contribution in [-0.4, -0.2) is 77.5 Å². The van der Waals surface area contributed by atoms with Crippen LogP contribution in [0.3, 0.4) is 0 Å². The summed E-state index contributed by atoms with van der Waals surface area (Å²) in [6, 6.07) is 1.68. The van der Waals surface area contributed by atoms with Crippen LogP contribution in [0.15, 0.2) is 23.3 Å². The van der Waals surface area contributed by atoms with Crippen molar-refractivity contribution in [1.82, 2.24) is 20.1 Å². The lowest BCUT2D eigenvalue weighted by Gasteiger charge is -2.41. The van der Waals surface area contributed by atoms with Gasteiger partial charge in [0.1, 0.15) is 5.56 Å². The minimum absolute atomic E-state index is 0.0363. The molecule has 10 nitrogen and oxygen atoms in total. The Kier molecular flexibility index (Phi) is 7.46. The van der Waals surface area contributed by atoms with E-state index in [0.717, 1.165) is 24.2 Å². The zero-order valence-corrected chi connectivity index (χ0v) is 21.1. The maximum atomic E-state index is 13.2. The molecule has 2 aliphatic heterocycles. The van der Waals surface area contributed by atoms with Gasteiger partial charge in [0.05, 0.1) is 44.2 Å². The molecular weight excluding hydrogens is 505 g/mol. The summed E-state index contributed by atoms with van der Waals surface area (Å²) in [7, 11) is 0. The Hall–Kier alpha value is -3.35. The molecule has 2 aromatic heterocycles. The molecule has 0 aromatic carbocycles. The van der Waals surface area contributed by atoms with Gasteiger partial charge < -0.3 is 24.6 Å². The molecule has 0 spiro atoms. The SMILES string of the molecule is C[C@@H](COCCC(=O)N1CCN2c3ncc(C4CC4)cc3OCC[C@H]2C1)Nc1cn[nH]c(=O)c1C(F)(F)F. The molecule has 13 heteroatoms. The lowest BCUT2D eigenvalue weighted by Crippen LogP contribution is -2.55. The molecule has 4 heterocycles. The first-order chi connectivity index (χ1) is 18.2. The summed E-state index contributed by atoms with van der Waals surface area (Å²) in [5.74, 6) is 2.23. The van der Waals surface area contributed by atoms with Gasteiger partial charge in [0.2, 0.25) is 5.91 Å². The van der Waals surface area contributed by atoms with Crippen LogP contribution in [0.25, 0.3) is 0 Å². The predicted molar refractivity (Wildman–Crippen MR) is 132 cm³/mol. The molecule has 0 bridgehead atoms. The monoisotopic (exact) mass is 536 g/mol. The number of halogens is 3. The Balaban J connectivity index is 1.09. The zero-order chi connectivity index (χ0) is 26.9. The van der Waals surface area contributed by atoms with Crippen LogP contribution in [0.4, 0.5) is 24.7 Å². The number of rotatable bonds is 8. The minimum atomic E-state index is -4.82. The summed E-state index contributed by atoms with van der Waals surface area (Å²) >= 11 is 0. The van der Waals surface area contributed by atoms with E-state index in [0.29, 0.717) is 32.2 Å². The van der Waals surface area contributed by atoms with Gasteiger partial charge in [0.25, 0.3) is 5.56 Å². The highest BCUT2D eigenvalue weighted by Crippen LogP contribution is 2.43. The number of amides is 1. The second-order valence-electron chi connectivity index (χ2n) is 10.0. The van der Waals surface area contributed by atoms with Gasteiger partial charge in [-0.3, -0.25) is 9.59 Å². The van der Waals surface area contributed by atoms with Crippen molar-refractivity contribution in [3.8, 4) is 5.75 Å². The summed E-state index contributed by atoms with van der Waals surface area (Å²) < 4.78 is 51.2. The minimum Gasteiger partial charge on any atom is -0.490 e. The fraction of sp³-hybridized carbons (Fsp3) is 0.600. The fourth-order valence-corrected chi connectivity index (χ4v) is 5.00. The number of pyridine rings is 1. The van der Waals surface area contributed by atoms with Gasteiger partial charge in [-0.15, -0.1) is 0 Å². The van der Waals surface area contributed by atoms with Crippen molar-refractivity contribution in [1.29, 1.82) is 0 Å². The van der Waals surface area contributed by atoms with Crippen LogP contribution in [0, 0.1) is 0 Å². The number of hydrogen-bond donors (Lipinski definition) is 2.